The second kappa shape index (κ2) is 7.31. The van der Waals surface area contributed by atoms with Crippen LogP contribution >= 0.6 is 0 Å². The lowest BCUT2D eigenvalue weighted by Crippen LogP contribution is -2.50. The Kier molecular flexibility index (Phi) is 6.69. The van der Waals surface area contributed by atoms with Gasteiger partial charge >= 0.3 is 12.2 Å². The quantitative estimate of drug-likeness (QED) is 0.616. The van der Waals surface area contributed by atoms with Crippen LogP contribution in [0.3, 0.4) is 0 Å². The summed E-state index contributed by atoms with van der Waals surface area (Å²) in [5.74, 6) is 0. The maximum absolute atomic E-state index is 12.0. The first-order valence-corrected chi connectivity index (χ1v) is 6.62. The van der Waals surface area contributed by atoms with Crippen LogP contribution in [0, 0.1) is 0 Å². The maximum Gasteiger partial charge on any atom is 0.429 e. The lowest BCUT2D eigenvalue weighted by molar-refractivity contribution is 0.00310. The molecule has 0 rings (SSSR count). The van der Waals surface area contributed by atoms with Gasteiger partial charge in [0.15, 0.2) is 0 Å². The van der Waals surface area contributed by atoms with E-state index >= 15 is 0 Å². The van der Waals surface area contributed by atoms with Gasteiger partial charge in [0.2, 0.25) is 0 Å². The Bertz CT molecular complexity index is 393. The van der Waals surface area contributed by atoms with Crippen LogP contribution in [0.4, 0.5) is 9.59 Å². The Balaban J connectivity index is 4.86. The van der Waals surface area contributed by atoms with Crippen molar-refractivity contribution in [3.05, 3.63) is 12.2 Å². The minimum absolute atomic E-state index is 0.0787. The fraction of sp³-hybridized carbons (Fsp3) is 0.714. The molecule has 0 unspecified atom stereocenters. The third kappa shape index (κ3) is 9.73. The Labute approximate surface area is 125 Å². The van der Waals surface area contributed by atoms with Gasteiger partial charge in [0.05, 0.1) is 13.2 Å². The normalized spacial score (nSPS) is 11.6. The second-order valence-electron chi connectivity index (χ2n) is 6.59. The van der Waals surface area contributed by atoms with Gasteiger partial charge in [0.25, 0.3) is 0 Å². The molecule has 0 aromatic rings. The van der Waals surface area contributed by atoms with E-state index in [1.165, 1.54) is 0 Å². The molecular formula is C14H26N2O5. The molecule has 0 bridgehead atoms. The van der Waals surface area contributed by atoms with E-state index in [-0.39, 0.29) is 13.2 Å². The second-order valence-corrected chi connectivity index (χ2v) is 6.59. The number of hydrogen-bond acceptors (Lipinski definition) is 5. The number of hydrogen-bond donors (Lipinski definition) is 2. The van der Waals surface area contributed by atoms with Crippen molar-refractivity contribution >= 4 is 12.2 Å². The van der Waals surface area contributed by atoms with E-state index in [1.54, 1.807) is 41.5 Å². The average molecular weight is 302 g/mol. The van der Waals surface area contributed by atoms with Gasteiger partial charge in [-0.05, 0) is 47.1 Å². The summed E-state index contributed by atoms with van der Waals surface area (Å²) in [6.45, 7) is 13.4. The fourth-order valence-corrected chi connectivity index (χ4v) is 1.15. The average Bonchev–Trinajstić information content (AvgIpc) is 2.22. The van der Waals surface area contributed by atoms with E-state index < -0.39 is 23.4 Å². The number of nitrogens with zero attached hydrogens (tertiary/aromatic N) is 1. The molecule has 0 aliphatic rings. The number of nitrogens with one attached hydrogen (secondary N) is 1. The molecule has 21 heavy (non-hydrogen) atoms. The van der Waals surface area contributed by atoms with Crippen molar-refractivity contribution in [2.75, 3.05) is 13.2 Å². The molecule has 0 aromatic carbocycles. The van der Waals surface area contributed by atoms with Crippen molar-refractivity contribution in [1.82, 2.24) is 10.4 Å². The lowest BCUT2D eigenvalue weighted by Gasteiger charge is -2.29. The lowest BCUT2D eigenvalue weighted by atomic mass is 10.2. The number of aliphatic hydroxyl groups is 1. The molecule has 0 heterocycles. The molecular weight excluding hydrogens is 276 g/mol. The van der Waals surface area contributed by atoms with Crippen molar-refractivity contribution in [3.63, 3.8) is 0 Å². The van der Waals surface area contributed by atoms with Gasteiger partial charge in [-0.1, -0.05) is 6.58 Å². The Morgan fingerprint density at radius 2 is 1.57 bits per heavy atom. The molecule has 0 fully saturated rings. The van der Waals surface area contributed by atoms with E-state index in [4.69, 9.17) is 14.6 Å². The summed E-state index contributed by atoms with van der Waals surface area (Å²) in [7, 11) is 0. The van der Waals surface area contributed by atoms with Crippen LogP contribution in [0.2, 0.25) is 0 Å². The minimum atomic E-state index is -0.793. The van der Waals surface area contributed by atoms with Crippen molar-refractivity contribution in [2.24, 2.45) is 0 Å². The third-order valence-electron chi connectivity index (χ3n) is 1.84. The number of hydrazine groups is 1. The summed E-state index contributed by atoms with van der Waals surface area (Å²) in [4.78, 5) is 23.8. The Morgan fingerprint density at radius 1 is 1.10 bits per heavy atom. The first-order chi connectivity index (χ1) is 9.34. The molecule has 0 atom stereocenters. The molecule has 0 saturated heterocycles. The predicted molar refractivity (Wildman–Crippen MR) is 78.5 cm³/mol. The molecule has 0 aromatic heterocycles. The van der Waals surface area contributed by atoms with Gasteiger partial charge in [0.1, 0.15) is 11.2 Å². The molecule has 2 amide bonds. The van der Waals surface area contributed by atoms with Crippen molar-refractivity contribution < 1.29 is 24.2 Å². The van der Waals surface area contributed by atoms with E-state index in [1.807, 2.05) is 0 Å². The smallest absolute Gasteiger partial charge is 0.429 e. The molecule has 0 radical (unpaired) electrons. The molecule has 0 aliphatic heterocycles. The van der Waals surface area contributed by atoms with Crippen molar-refractivity contribution in [1.29, 1.82) is 0 Å². The van der Waals surface area contributed by atoms with Crippen LogP contribution in [-0.4, -0.2) is 46.7 Å². The first-order valence-electron chi connectivity index (χ1n) is 6.62. The highest BCUT2D eigenvalue weighted by Crippen LogP contribution is 2.11. The van der Waals surface area contributed by atoms with Crippen LogP contribution in [0.1, 0.15) is 41.5 Å². The highest BCUT2D eigenvalue weighted by Gasteiger charge is 2.26. The standard InChI is InChI=1S/C14H26N2O5/c1-10(9-17)8-16(12(19)21-14(5,6)7)15-11(18)20-13(2,3)4/h17H,1,8-9H2,2-7H3,(H,15,18). The third-order valence-corrected chi connectivity index (χ3v) is 1.84. The highest BCUT2D eigenvalue weighted by atomic mass is 16.6. The minimum Gasteiger partial charge on any atom is -0.443 e. The van der Waals surface area contributed by atoms with E-state index in [0.717, 1.165) is 5.01 Å². The number of carbonyl (C=O) groups is 2. The Hall–Kier alpha value is -1.76. The zero-order chi connectivity index (χ0) is 16.8. The zero-order valence-electron chi connectivity index (χ0n) is 13.6. The van der Waals surface area contributed by atoms with Crippen molar-refractivity contribution in [2.45, 2.75) is 52.7 Å². The van der Waals surface area contributed by atoms with Crippen LogP contribution in [-0.2, 0) is 9.47 Å². The van der Waals surface area contributed by atoms with Crippen LogP contribution < -0.4 is 5.43 Å². The number of amides is 2. The SMILES string of the molecule is C=C(CO)CN(NC(=O)OC(C)(C)C)C(=O)OC(C)(C)C. The van der Waals surface area contributed by atoms with E-state index in [0.29, 0.717) is 5.57 Å². The molecule has 7 heteroatoms. The van der Waals surface area contributed by atoms with E-state index in [9.17, 15) is 9.59 Å². The number of rotatable bonds is 3. The highest BCUT2D eigenvalue weighted by molar-refractivity contribution is 5.74. The predicted octanol–water partition coefficient (Wildman–Crippen LogP) is 2.21. The summed E-state index contributed by atoms with van der Waals surface area (Å²) in [5, 5.41) is 9.91. The number of aliphatic hydroxyl groups excluding tert-OH is 1. The first kappa shape index (κ1) is 19.2. The number of carbonyl (C=O) groups excluding carboxylic acids is 2. The molecule has 0 aliphatic carbocycles. The molecule has 7 nitrogen and oxygen atoms in total. The molecule has 122 valence electrons. The monoisotopic (exact) mass is 302 g/mol. The van der Waals surface area contributed by atoms with Gasteiger partial charge in [-0.25, -0.2) is 20.0 Å². The molecule has 0 saturated carbocycles. The summed E-state index contributed by atoms with van der Waals surface area (Å²) < 4.78 is 10.2. The van der Waals surface area contributed by atoms with Gasteiger partial charge < -0.3 is 14.6 Å². The Morgan fingerprint density at radius 3 is 1.95 bits per heavy atom. The summed E-state index contributed by atoms with van der Waals surface area (Å²) in [6, 6.07) is 0. The zero-order valence-corrected chi connectivity index (χ0v) is 13.6. The van der Waals surface area contributed by atoms with Crippen molar-refractivity contribution in [3.8, 4) is 0 Å². The van der Waals surface area contributed by atoms with Crippen LogP contribution in [0.15, 0.2) is 12.2 Å². The fourth-order valence-electron chi connectivity index (χ4n) is 1.15. The van der Waals surface area contributed by atoms with Gasteiger partial charge in [-0.15, -0.1) is 0 Å². The molecule has 2 N–H and O–H groups in total. The topological polar surface area (TPSA) is 88.1 Å². The number of ether oxygens (including phenoxy) is 2. The van der Waals surface area contributed by atoms with Crippen LogP contribution in [0.5, 0.6) is 0 Å². The van der Waals surface area contributed by atoms with Crippen LogP contribution in [0.25, 0.3) is 0 Å². The largest absolute Gasteiger partial charge is 0.443 e. The maximum atomic E-state index is 12.0. The summed E-state index contributed by atoms with van der Waals surface area (Å²) in [6.07, 6.45) is -1.55. The van der Waals surface area contributed by atoms with Gasteiger partial charge in [0, 0.05) is 0 Å². The summed E-state index contributed by atoms with van der Waals surface area (Å²) in [5.41, 5.74) is 1.22. The van der Waals surface area contributed by atoms with E-state index in [2.05, 4.69) is 12.0 Å². The van der Waals surface area contributed by atoms with Gasteiger partial charge in [-0.2, -0.15) is 0 Å². The van der Waals surface area contributed by atoms with Gasteiger partial charge in [-0.3, -0.25) is 0 Å². The summed E-state index contributed by atoms with van der Waals surface area (Å²) >= 11 is 0. The molecule has 0 spiro atoms.